The molecule has 2 N–H and O–H groups in total. The molecule has 0 saturated heterocycles. The van der Waals surface area contributed by atoms with Crippen LogP contribution < -0.4 is 0 Å². The van der Waals surface area contributed by atoms with Gasteiger partial charge in [-0.2, -0.15) is 0 Å². The molecule has 0 bridgehead atoms. The van der Waals surface area contributed by atoms with E-state index in [1.54, 1.807) is 21.0 Å². The average Bonchev–Trinajstić information content (AvgIpc) is 2.36. The van der Waals surface area contributed by atoms with Crippen LogP contribution in [0.15, 0.2) is 4.95 Å². The van der Waals surface area contributed by atoms with E-state index in [9.17, 15) is 4.91 Å². The van der Waals surface area contributed by atoms with Gasteiger partial charge in [0.2, 0.25) is 0 Å². The molecule has 116 valence electrons. The molecule has 8 heteroatoms. The number of nitroso groups, excluding NO2 is 1. The summed E-state index contributed by atoms with van der Waals surface area (Å²) < 4.78 is 15.7. The van der Waals surface area contributed by atoms with Crippen LogP contribution in [-0.2, 0) is 14.0 Å². The van der Waals surface area contributed by atoms with Crippen LogP contribution in [0.1, 0.15) is 40.5 Å². The SMILES string of the molecule is CCC(C)(CCOC(C)(C)CO[PH](O)(O)N=O)OC. The monoisotopic (exact) mass is 299 g/mol. The van der Waals surface area contributed by atoms with Crippen molar-refractivity contribution in [3.63, 3.8) is 0 Å². The molecule has 1 unspecified atom stereocenters. The maximum atomic E-state index is 10.1. The van der Waals surface area contributed by atoms with E-state index in [4.69, 9.17) is 23.8 Å². The molecule has 0 fully saturated rings. The fourth-order valence-corrected chi connectivity index (χ4v) is 1.90. The van der Waals surface area contributed by atoms with Gasteiger partial charge >= 0.3 is 114 Å². The standard InChI is InChI=1S/C11H26NO6P/c1-6-11(4,16-5)7-8-17-10(2,3)9-18-19(14,15)12-13/h14-15,19H,6-9H2,1-5H3. The van der Waals surface area contributed by atoms with E-state index in [2.05, 4.69) is 4.95 Å². The fraction of sp³-hybridized carbons (Fsp3) is 1.00. The first-order chi connectivity index (χ1) is 8.60. The van der Waals surface area contributed by atoms with Crippen LogP contribution in [0.25, 0.3) is 0 Å². The number of nitrogens with zero attached hydrogens (tertiary/aromatic N) is 1. The van der Waals surface area contributed by atoms with Gasteiger partial charge in [0, 0.05) is 0 Å². The van der Waals surface area contributed by atoms with Gasteiger partial charge in [-0.1, -0.05) is 0 Å². The van der Waals surface area contributed by atoms with Gasteiger partial charge in [0.1, 0.15) is 0 Å². The Labute approximate surface area is 114 Å². The number of hydrogen-bond acceptors (Lipinski definition) is 7. The summed E-state index contributed by atoms with van der Waals surface area (Å²) in [7, 11) is -2.75. The predicted octanol–water partition coefficient (Wildman–Crippen LogP) is 2.16. The molecule has 7 nitrogen and oxygen atoms in total. The number of hydrogen-bond donors (Lipinski definition) is 2. The van der Waals surface area contributed by atoms with Crippen LogP contribution >= 0.6 is 8.09 Å². The molecule has 0 amide bonds. The zero-order chi connectivity index (χ0) is 15.2. The van der Waals surface area contributed by atoms with Gasteiger partial charge in [0.15, 0.2) is 0 Å². The second-order valence-corrected chi connectivity index (χ2v) is 6.94. The van der Waals surface area contributed by atoms with Crippen LogP contribution in [0.3, 0.4) is 0 Å². The predicted molar refractivity (Wildman–Crippen MR) is 74.9 cm³/mol. The van der Waals surface area contributed by atoms with Crippen LogP contribution in [-0.4, -0.2) is 41.3 Å². The van der Waals surface area contributed by atoms with E-state index >= 15 is 0 Å². The van der Waals surface area contributed by atoms with Gasteiger partial charge in [0.05, 0.1) is 0 Å². The van der Waals surface area contributed by atoms with E-state index in [1.807, 2.05) is 13.8 Å². The van der Waals surface area contributed by atoms with E-state index < -0.39 is 13.7 Å². The molecule has 1 atom stereocenters. The zero-order valence-electron chi connectivity index (χ0n) is 12.3. The van der Waals surface area contributed by atoms with Crippen LogP contribution in [0.2, 0.25) is 0 Å². The summed E-state index contributed by atoms with van der Waals surface area (Å²) in [5.74, 6) is 0. The van der Waals surface area contributed by atoms with Crippen molar-refractivity contribution < 1.29 is 23.8 Å². The van der Waals surface area contributed by atoms with Gasteiger partial charge in [-0.3, -0.25) is 0 Å². The topological polar surface area (TPSA) is 97.6 Å². The van der Waals surface area contributed by atoms with Crippen molar-refractivity contribution in [2.24, 2.45) is 4.95 Å². The first-order valence-electron chi connectivity index (χ1n) is 6.22. The summed E-state index contributed by atoms with van der Waals surface area (Å²) in [4.78, 5) is 30.3. The molecule has 0 rings (SSSR count). The third kappa shape index (κ3) is 7.87. The fourth-order valence-electron chi connectivity index (χ4n) is 1.31. The summed E-state index contributed by atoms with van der Waals surface area (Å²) in [6.07, 6.45) is 1.57. The summed E-state index contributed by atoms with van der Waals surface area (Å²) in [5, 5.41) is 0. The minimum absolute atomic E-state index is 0.117. The molecule has 0 aliphatic heterocycles. The van der Waals surface area contributed by atoms with Gasteiger partial charge in [-0.25, -0.2) is 0 Å². The maximum absolute atomic E-state index is 10.1. The first-order valence-corrected chi connectivity index (χ1v) is 7.97. The number of rotatable bonds is 10. The van der Waals surface area contributed by atoms with Crippen LogP contribution in [0.5, 0.6) is 0 Å². The molecule has 19 heavy (non-hydrogen) atoms. The average molecular weight is 299 g/mol. The third-order valence-electron chi connectivity index (χ3n) is 3.10. The van der Waals surface area contributed by atoms with Crippen molar-refractivity contribution in [3.8, 4) is 0 Å². The summed E-state index contributed by atoms with van der Waals surface area (Å²) in [5.41, 5.74) is -0.982. The summed E-state index contributed by atoms with van der Waals surface area (Å²) in [6.45, 7) is 7.82. The molecule has 0 spiro atoms. The molecule has 0 heterocycles. The molecular formula is C11H26NO6P. The van der Waals surface area contributed by atoms with Gasteiger partial charge in [0.25, 0.3) is 0 Å². The number of ether oxygens (including phenoxy) is 2. The Hall–Kier alpha value is -0.170. The second kappa shape index (κ2) is 7.57. The van der Waals surface area contributed by atoms with Crippen LogP contribution in [0.4, 0.5) is 0 Å². The van der Waals surface area contributed by atoms with Gasteiger partial charge in [-0.15, -0.1) is 0 Å². The third-order valence-corrected chi connectivity index (χ3v) is 3.87. The molecule has 0 saturated carbocycles. The van der Waals surface area contributed by atoms with Crippen molar-refractivity contribution in [1.29, 1.82) is 0 Å². The molecule has 0 aliphatic carbocycles. The Bertz CT molecular complexity index is 280. The van der Waals surface area contributed by atoms with Crippen molar-refractivity contribution in [2.45, 2.75) is 51.7 Å². The molecule has 0 aromatic heterocycles. The zero-order valence-corrected chi connectivity index (χ0v) is 13.3. The molecule has 0 aliphatic rings. The molecule has 0 aromatic carbocycles. The Morgan fingerprint density at radius 2 is 1.84 bits per heavy atom. The molecule has 0 radical (unpaired) electrons. The quantitative estimate of drug-likeness (QED) is 0.474. The van der Waals surface area contributed by atoms with Crippen molar-refractivity contribution >= 4 is 8.09 Å². The second-order valence-electron chi connectivity index (χ2n) is 5.32. The van der Waals surface area contributed by atoms with E-state index in [-0.39, 0.29) is 12.2 Å². The van der Waals surface area contributed by atoms with Crippen molar-refractivity contribution in [2.75, 3.05) is 20.3 Å². The molecular weight excluding hydrogens is 273 g/mol. The Morgan fingerprint density at radius 1 is 1.26 bits per heavy atom. The first kappa shape index (κ1) is 18.8. The van der Waals surface area contributed by atoms with Crippen molar-refractivity contribution in [3.05, 3.63) is 4.91 Å². The van der Waals surface area contributed by atoms with Gasteiger partial charge < -0.3 is 0 Å². The van der Waals surface area contributed by atoms with E-state index in [0.29, 0.717) is 13.0 Å². The minimum atomic E-state index is -4.41. The van der Waals surface area contributed by atoms with Crippen LogP contribution in [0, 0.1) is 4.91 Å². The summed E-state index contributed by atoms with van der Waals surface area (Å²) in [6, 6.07) is 0. The number of methoxy groups -OCH3 is 1. The van der Waals surface area contributed by atoms with Gasteiger partial charge in [-0.05, 0) is 0 Å². The molecule has 0 aromatic rings. The Morgan fingerprint density at radius 3 is 2.26 bits per heavy atom. The Balaban J connectivity index is 4.14. The normalized spacial score (nSPS) is 17.0. The van der Waals surface area contributed by atoms with Crippen molar-refractivity contribution in [1.82, 2.24) is 0 Å². The summed E-state index contributed by atoms with van der Waals surface area (Å²) >= 11 is 0. The Kier molecular flexibility index (Phi) is 7.50. The van der Waals surface area contributed by atoms with E-state index in [0.717, 1.165) is 6.42 Å². The van der Waals surface area contributed by atoms with E-state index in [1.165, 1.54) is 0 Å².